The van der Waals surface area contributed by atoms with Crippen molar-refractivity contribution in [2.75, 3.05) is 24.5 Å². The second-order valence-corrected chi connectivity index (χ2v) is 9.95. The first kappa shape index (κ1) is 26.6. The lowest BCUT2D eigenvalue weighted by Crippen LogP contribution is -2.46. The van der Waals surface area contributed by atoms with Gasteiger partial charge >= 0.3 is 18.2 Å². The molecule has 2 aliphatic rings. The summed E-state index contributed by atoms with van der Waals surface area (Å²) >= 11 is 0. The van der Waals surface area contributed by atoms with Crippen LogP contribution in [0.25, 0.3) is 11.1 Å². The van der Waals surface area contributed by atoms with Gasteiger partial charge in [0.2, 0.25) is 5.95 Å². The Morgan fingerprint density at radius 3 is 2.41 bits per heavy atom. The molecule has 2 fully saturated rings. The maximum Gasteiger partial charge on any atom is 0.416 e. The van der Waals surface area contributed by atoms with E-state index in [1.165, 1.54) is 42.3 Å². The van der Waals surface area contributed by atoms with Gasteiger partial charge in [0.1, 0.15) is 5.60 Å². The van der Waals surface area contributed by atoms with E-state index in [0.29, 0.717) is 48.3 Å². The highest BCUT2D eigenvalue weighted by atomic mass is 19.4. The third-order valence-electron chi connectivity index (χ3n) is 7.35. The molecule has 0 unspecified atom stereocenters. The molecule has 3 aromatic rings. The summed E-state index contributed by atoms with van der Waals surface area (Å²) in [7, 11) is 0. The van der Waals surface area contributed by atoms with E-state index >= 15 is 0 Å². The van der Waals surface area contributed by atoms with Gasteiger partial charge in [-0.05, 0) is 65.6 Å². The van der Waals surface area contributed by atoms with Crippen molar-refractivity contribution in [1.29, 1.82) is 0 Å². The molecule has 39 heavy (non-hydrogen) atoms. The number of likely N-dealkylation sites (tertiary alicyclic amines) is 1. The number of amides is 1. The molecule has 2 aliphatic heterocycles. The van der Waals surface area contributed by atoms with Gasteiger partial charge in [0, 0.05) is 50.4 Å². The number of carbonyl (C=O) groups excluding carboxylic acids is 1. The van der Waals surface area contributed by atoms with Crippen LogP contribution in [-0.4, -0.2) is 52.3 Å². The number of benzene rings is 2. The Labute approximate surface area is 221 Å². The van der Waals surface area contributed by atoms with Crippen LogP contribution in [0.15, 0.2) is 54.7 Å². The van der Waals surface area contributed by atoms with Crippen molar-refractivity contribution >= 4 is 17.7 Å². The maximum absolute atomic E-state index is 13.8. The van der Waals surface area contributed by atoms with Crippen LogP contribution < -0.4 is 4.90 Å². The zero-order valence-corrected chi connectivity index (χ0v) is 21.0. The Hall–Kier alpha value is -3.99. The number of hydrogen-bond acceptors (Lipinski definition) is 5. The summed E-state index contributed by atoms with van der Waals surface area (Å²) in [5, 5.41) is 9.10. The average molecular weight is 544 g/mol. The minimum Gasteiger partial charge on any atom is -0.478 e. The van der Waals surface area contributed by atoms with Crippen molar-refractivity contribution in [3.8, 4) is 11.1 Å². The second-order valence-electron chi connectivity index (χ2n) is 9.95. The quantitative estimate of drug-likeness (QED) is 0.319. The SMILES string of the molecule is Cc1cc(-c2ccnc(F)c2)c(CN2CCC3(CC2)CN(c2ccc(C(=O)O)cc2)C(=O)O3)cc1C(F)(F)F. The Balaban J connectivity index is 1.33. The molecule has 1 aromatic heterocycles. The molecule has 0 saturated carbocycles. The van der Waals surface area contributed by atoms with Crippen LogP contribution >= 0.6 is 0 Å². The van der Waals surface area contributed by atoms with Crippen LogP contribution in [0.3, 0.4) is 0 Å². The number of aromatic carboxylic acids is 1. The van der Waals surface area contributed by atoms with Crippen LogP contribution in [0.1, 0.15) is 39.9 Å². The summed E-state index contributed by atoms with van der Waals surface area (Å²) in [6, 6.07) is 11.3. The Morgan fingerprint density at radius 2 is 1.79 bits per heavy atom. The minimum atomic E-state index is -4.53. The summed E-state index contributed by atoms with van der Waals surface area (Å²) in [4.78, 5) is 30.8. The van der Waals surface area contributed by atoms with E-state index in [0.717, 1.165) is 6.07 Å². The normalized spacial score (nSPS) is 17.5. The number of alkyl halides is 3. The average Bonchev–Trinajstić information content (AvgIpc) is 3.21. The minimum absolute atomic E-state index is 0.0467. The number of carboxylic acid groups (broad SMARTS) is 1. The fourth-order valence-electron chi connectivity index (χ4n) is 5.25. The molecular weight excluding hydrogens is 518 g/mol. The lowest BCUT2D eigenvalue weighted by Gasteiger charge is -2.37. The van der Waals surface area contributed by atoms with Crippen LogP contribution in [0, 0.1) is 12.9 Å². The molecule has 0 bridgehead atoms. The van der Waals surface area contributed by atoms with Crippen molar-refractivity contribution in [3.05, 3.63) is 82.9 Å². The highest BCUT2D eigenvalue weighted by Gasteiger charge is 2.47. The fourth-order valence-corrected chi connectivity index (χ4v) is 5.25. The molecule has 1 amide bonds. The topological polar surface area (TPSA) is 83.0 Å². The standard InChI is InChI=1S/C28H25F4N3O4/c1-17-12-22(19-6-9-33-24(29)14-19)20(13-23(17)28(30,31)32)15-34-10-7-27(8-11-34)16-35(26(38)39-27)21-4-2-18(3-5-21)25(36)37/h2-6,9,12-14H,7-8,10-11,15-16H2,1H3,(H,36,37). The van der Waals surface area contributed by atoms with E-state index in [9.17, 15) is 27.2 Å². The van der Waals surface area contributed by atoms with E-state index in [-0.39, 0.29) is 24.2 Å². The van der Waals surface area contributed by atoms with Crippen molar-refractivity contribution in [1.82, 2.24) is 9.88 Å². The van der Waals surface area contributed by atoms with Gasteiger partial charge in [0.25, 0.3) is 0 Å². The molecule has 0 atom stereocenters. The highest BCUT2D eigenvalue weighted by molar-refractivity contribution is 5.92. The zero-order chi connectivity index (χ0) is 27.9. The van der Waals surface area contributed by atoms with Crippen molar-refractivity contribution in [2.45, 2.75) is 38.1 Å². The lowest BCUT2D eigenvalue weighted by molar-refractivity contribution is -0.138. The van der Waals surface area contributed by atoms with Crippen molar-refractivity contribution < 1.29 is 37.0 Å². The number of carbonyl (C=O) groups is 2. The van der Waals surface area contributed by atoms with Crippen LogP contribution in [-0.2, 0) is 17.5 Å². The fraction of sp³-hybridized carbons (Fsp3) is 0.321. The van der Waals surface area contributed by atoms with E-state index in [2.05, 4.69) is 4.98 Å². The molecule has 0 aliphatic carbocycles. The molecule has 3 heterocycles. The molecular formula is C28H25F4N3O4. The summed E-state index contributed by atoms with van der Waals surface area (Å²) < 4.78 is 60.8. The third kappa shape index (κ3) is 5.44. The molecule has 0 radical (unpaired) electrons. The Morgan fingerprint density at radius 1 is 1.10 bits per heavy atom. The van der Waals surface area contributed by atoms with Gasteiger partial charge in [-0.2, -0.15) is 17.6 Å². The molecule has 1 N–H and O–H groups in total. The Bertz CT molecular complexity index is 1420. The molecule has 2 saturated heterocycles. The number of pyridine rings is 1. The number of aromatic nitrogens is 1. The number of anilines is 1. The molecule has 2 aromatic carbocycles. The summed E-state index contributed by atoms with van der Waals surface area (Å²) in [5.41, 5.74) is 0.552. The van der Waals surface area contributed by atoms with Crippen LogP contribution in [0.4, 0.5) is 28.0 Å². The molecule has 204 valence electrons. The monoisotopic (exact) mass is 543 g/mol. The molecule has 1 spiro atoms. The smallest absolute Gasteiger partial charge is 0.416 e. The molecule has 7 nitrogen and oxygen atoms in total. The van der Waals surface area contributed by atoms with E-state index < -0.39 is 35.4 Å². The molecule has 11 heteroatoms. The largest absolute Gasteiger partial charge is 0.478 e. The van der Waals surface area contributed by atoms with Gasteiger partial charge in [-0.25, -0.2) is 14.6 Å². The number of nitrogens with zero attached hydrogens (tertiary/aromatic N) is 3. The van der Waals surface area contributed by atoms with Gasteiger partial charge in [-0.15, -0.1) is 0 Å². The van der Waals surface area contributed by atoms with E-state index in [1.54, 1.807) is 18.2 Å². The predicted molar refractivity (Wildman–Crippen MR) is 134 cm³/mol. The van der Waals surface area contributed by atoms with Gasteiger partial charge in [0.05, 0.1) is 17.7 Å². The first-order valence-electron chi connectivity index (χ1n) is 12.3. The number of carboxylic acids is 1. The lowest BCUT2D eigenvalue weighted by atomic mass is 9.89. The summed E-state index contributed by atoms with van der Waals surface area (Å²) in [6.45, 7) is 2.81. The van der Waals surface area contributed by atoms with Gasteiger partial charge in [0.15, 0.2) is 0 Å². The zero-order valence-electron chi connectivity index (χ0n) is 21.0. The number of rotatable bonds is 5. The number of aryl methyl sites for hydroxylation is 1. The van der Waals surface area contributed by atoms with E-state index in [1.807, 2.05) is 4.90 Å². The van der Waals surface area contributed by atoms with Crippen molar-refractivity contribution in [3.63, 3.8) is 0 Å². The van der Waals surface area contributed by atoms with Gasteiger partial charge < -0.3 is 9.84 Å². The van der Waals surface area contributed by atoms with E-state index in [4.69, 9.17) is 9.84 Å². The van der Waals surface area contributed by atoms with Crippen LogP contribution in [0.2, 0.25) is 0 Å². The first-order valence-corrected chi connectivity index (χ1v) is 12.3. The summed E-state index contributed by atoms with van der Waals surface area (Å²) in [6.07, 6.45) is -2.83. The second kappa shape index (κ2) is 9.96. The highest BCUT2D eigenvalue weighted by Crippen LogP contribution is 2.39. The first-order chi connectivity index (χ1) is 18.4. The van der Waals surface area contributed by atoms with Gasteiger partial charge in [-0.1, -0.05) is 6.07 Å². The van der Waals surface area contributed by atoms with Crippen molar-refractivity contribution in [2.24, 2.45) is 0 Å². The third-order valence-corrected chi connectivity index (χ3v) is 7.35. The maximum atomic E-state index is 13.8. The Kier molecular flexibility index (Phi) is 6.79. The van der Waals surface area contributed by atoms with Crippen LogP contribution in [0.5, 0.6) is 0 Å². The number of halogens is 4. The number of piperidine rings is 1. The number of ether oxygens (including phenoxy) is 1. The van der Waals surface area contributed by atoms with Gasteiger partial charge in [-0.3, -0.25) is 9.80 Å². The predicted octanol–water partition coefficient (Wildman–Crippen LogP) is 5.90. The molecule has 5 rings (SSSR count). The summed E-state index contributed by atoms with van der Waals surface area (Å²) in [5.74, 6) is -1.79. The number of hydrogen-bond donors (Lipinski definition) is 1.